The van der Waals surface area contributed by atoms with Crippen LogP contribution in [0.1, 0.15) is 12.8 Å². The van der Waals surface area contributed by atoms with Crippen molar-refractivity contribution < 1.29 is 9.59 Å². The largest absolute Gasteiger partial charge is 0.294 e. The van der Waals surface area contributed by atoms with Crippen LogP contribution in [0.25, 0.3) is 0 Å². The third-order valence-corrected chi connectivity index (χ3v) is 1.27. The Morgan fingerprint density at radius 1 is 1.67 bits per heavy atom. The second-order valence-electron chi connectivity index (χ2n) is 1.88. The van der Waals surface area contributed by atoms with Crippen LogP contribution in [0.4, 0.5) is 0 Å². The Hall–Kier alpha value is -1.14. The first-order valence-electron chi connectivity index (χ1n) is 2.79. The molecule has 0 fully saturated rings. The average Bonchev–Trinajstić information content (AvgIpc) is 2.18. The molecular formula is C7H6O2. The Morgan fingerprint density at radius 2 is 2.44 bits per heavy atom. The first-order chi connectivity index (χ1) is 4.34. The minimum atomic E-state index is 0.0540. The van der Waals surface area contributed by atoms with Crippen molar-refractivity contribution in [1.82, 2.24) is 0 Å². The Labute approximate surface area is 52.9 Å². The van der Waals surface area contributed by atoms with Crippen molar-refractivity contribution in [2.75, 3.05) is 0 Å². The number of carbonyl (C=O) groups is 1. The molecule has 0 saturated heterocycles. The van der Waals surface area contributed by atoms with Crippen LogP contribution in [-0.2, 0) is 9.59 Å². The first kappa shape index (κ1) is 5.99. The Kier molecular flexibility index (Phi) is 1.61. The third-order valence-electron chi connectivity index (χ3n) is 1.27. The zero-order valence-electron chi connectivity index (χ0n) is 4.89. The van der Waals surface area contributed by atoms with E-state index in [4.69, 9.17) is 0 Å². The maximum absolute atomic E-state index is 10.7. The summed E-state index contributed by atoms with van der Waals surface area (Å²) in [6.45, 7) is 0. The predicted molar refractivity (Wildman–Crippen MR) is 32.6 cm³/mol. The van der Waals surface area contributed by atoms with Gasteiger partial charge in [-0.05, 0) is 6.42 Å². The molecule has 2 heteroatoms. The molecule has 46 valence electrons. The van der Waals surface area contributed by atoms with Gasteiger partial charge in [0.1, 0.15) is 5.94 Å². The zero-order valence-corrected chi connectivity index (χ0v) is 4.89. The second-order valence-corrected chi connectivity index (χ2v) is 1.88. The first-order valence-corrected chi connectivity index (χ1v) is 2.79. The van der Waals surface area contributed by atoms with Crippen molar-refractivity contribution in [3.8, 4) is 0 Å². The normalized spacial score (nSPS) is 16.9. The molecule has 0 saturated carbocycles. The molecular weight excluding hydrogens is 116 g/mol. The summed E-state index contributed by atoms with van der Waals surface area (Å²) in [5.74, 6) is 1.63. The highest BCUT2D eigenvalue weighted by Crippen LogP contribution is 2.13. The van der Waals surface area contributed by atoms with Crippen LogP contribution in [0.3, 0.4) is 0 Å². The summed E-state index contributed by atoms with van der Waals surface area (Å²) < 4.78 is 0. The van der Waals surface area contributed by atoms with Gasteiger partial charge in [0.25, 0.3) is 0 Å². The number of hydrogen-bond donors (Lipinski definition) is 0. The van der Waals surface area contributed by atoms with Crippen molar-refractivity contribution >= 4 is 11.7 Å². The van der Waals surface area contributed by atoms with E-state index in [1.807, 2.05) is 0 Å². The minimum Gasteiger partial charge on any atom is -0.294 e. The van der Waals surface area contributed by atoms with Crippen molar-refractivity contribution in [3.05, 3.63) is 17.7 Å². The third kappa shape index (κ3) is 1.15. The number of allylic oxidation sites excluding steroid dienone is 3. The maximum Gasteiger partial charge on any atom is 0.163 e. The van der Waals surface area contributed by atoms with Crippen molar-refractivity contribution in [2.45, 2.75) is 12.8 Å². The Morgan fingerprint density at radius 3 is 2.89 bits per heavy atom. The molecule has 0 heterocycles. The van der Waals surface area contributed by atoms with Crippen LogP contribution in [0.5, 0.6) is 0 Å². The maximum atomic E-state index is 10.7. The predicted octanol–water partition coefficient (Wildman–Crippen LogP) is 0.663. The van der Waals surface area contributed by atoms with Crippen LogP contribution in [0.15, 0.2) is 17.7 Å². The van der Waals surface area contributed by atoms with Crippen LogP contribution in [0.2, 0.25) is 0 Å². The number of Topliss-reactive ketones (excluding diaryl/α,β-unsaturated/α-hetero) is 1. The zero-order chi connectivity index (χ0) is 6.69. The van der Waals surface area contributed by atoms with Gasteiger partial charge in [-0.3, -0.25) is 4.79 Å². The smallest absolute Gasteiger partial charge is 0.163 e. The quantitative estimate of drug-likeness (QED) is 0.479. The van der Waals surface area contributed by atoms with Gasteiger partial charge in [0, 0.05) is 18.1 Å². The molecule has 0 unspecified atom stereocenters. The molecule has 1 aliphatic rings. The molecule has 0 aromatic heterocycles. The van der Waals surface area contributed by atoms with Gasteiger partial charge in [0.2, 0.25) is 0 Å². The van der Waals surface area contributed by atoms with Gasteiger partial charge in [0.15, 0.2) is 5.78 Å². The van der Waals surface area contributed by atoms with Crippen molar-refractivity contribution in [3.63, 3.8) is 0 Å². The van der Waals surface area contributed by atoms with Gasteiger partial charge in [0.05, 0.1) is 0 Å². The molecule has 2 nitrogen and oxygen atoms in total. The van der Waals surface area contributed by atoms with Crippen LogP contribution in [-0.4, -0.2) is 11.7 Å². The molecule has 0 aromatic carbocycles. The Bertz CT molecular complexity index is 207. The summed E-state index contributed by atoms with van der Waals surface area (Å²) in [5, 5.41) is 0. The molecule has 1 rings (SSSR count). The highest BCUT2D eigenvalue weighted by atomic mass is 16.1. The lowest BCUT2D eigenvalue weighted by Crippen LogP contribution is -1.91. The van der Waals surface area contributed by atoms with Gasteiger partial charge < -0.3 is 0 Å². The molecule has 0 bridgehead atoms. The lowest BCUT2D eigenvalue weighted by molar-refractivity contribution is -0.114. The Balaban J connectivity index is 2.80. The van der Waals surface area contributed by atoms with Crippen LogP contribution >= 0.6 is 0 Å². The van der Waals surface area contributed by atoms with E-state index in [1.54, 1.807) is 12.0 Å². The van der Waals surface area contributed by atoms with E-state index in [2.05, 4.69) is 0 Å². The summed E-state index contributed by atoms with van der Waals surface area (Å²) >= 11 is 0. The topological polar surface area (TPSA) is 34.1 Å². The molecule has 0 aromatic rings. The monoisotopic (exact) mass is 122 g/mol. The minimum absolute atomic E-state index is 0.0540. The summed E-state index contributed by atoms with van der Waals surface area (Å²) in [7, 11) is 0. The fourth-order valence-electron chi connectivity index (χ4n) is 0.820. The van der Waals surface area contributed by atoms with E-state index in [9.17, 15) is 9.59 Å². The van der Waals surface area contributed by atoms with Crippen molar-refractivity contribution in [2.24, 2.45) is 0 Å². The van der Waals surface area contributed by atoms with Gasteiger partial charge in [-0.1, -0.05) is 6.08 Å². The number of rotatable bonds is 1. The fourth-order valence-corrected chi connectivity index (χ4v) is 0.820. The molecule has 0 spiro atoms. The molecule has 1 aliphatic carbocycles. The summed E-state index contributed by atoms with van der Waals surface area (Å²) in [6.07, 6.45) is 4.27. The van der Waals surface area contributed by atoms with Gasteiger partial charge >= 0.3 is 0 Å². The molecule has 0 amide bonds. The van der Waals surface area contributed by atoms with E-state index in [-0.39, 0.29) is 5.78 Å². The van der Waals surface area contributed by atoms with E-state index < -0.39 is 0 Å². The SMILES string of the molecule is O=C=CC1=CCCC1=O. The molecule has 0 radical (unpaired) electrons. The highest BCUT2D eigenvalue weighted by Gasteiger charge is 2.11. The summed E-state index contributed by atoms with van der Waals surface area (Å²) in [5.41, 5.74) is 0.519. The lowest BCUT2D eigenvalue weighted by Gasteiger charge is -1.82. The summed E-state index contributed by atoms with van der Waals surface area (Å²) in [6, 6.07) is 0. The van der Waals surface area contributed by atoms with E-state index in [0.717, 1.165) is 6.42 Å². The molecule has 0 N–H and O–H groups in total. The fraction of sp³-hybridized carbons (Fsp3) is 0.286. The molecule has 0 atom stereocenters. The standard InChI is InChI=1S/C7H6O2/c8-5-4-6-2-1-3-7(6)9/h2,4H,1,3H2. The van der Waals surface area contributed by atoms with Gasteiger partial charge in [-0.15, -0.1) is 0 Å². The lowest BCUT2D eigenvalue weighted by atomic mass is 10.2. The number of ketones is 1. The molecule has 0 aliphatic heterocycles. The molecule has 9 heavy (non-hydrogen) atoms. The average molecular weight is 122 g/mol. The highest BCUT2D eigenvalue weighted by molar-refractivity contribution is 6.01. The van der Waals surface area contributed by atoms with Crippen LogP contribution < -0.4 is 0 Å². The van der Waals surface area contributed by atoms with E-state index in [1.165, 1.54) is 6.08 Å². The number of carbonyl (C=O) groups excluding carboxylic acids is 2. The van der Waals surface area contributed by atoms with Gasteiger partial charge in [-0.2, -0.15) is 0 Å². The van der Waals surface area contributed by atoms with Crippen LogP contribution in [0, 0.1) is 0 Å². The van der Waals surface area contributed by atoms with E-state index >= 15 is 0 Å². The number of hydrogen-bond acceptors (Lipinski definition) is 2. The van der Waals surface area contributed by atoms with Crippen molar-refractivity contribution in [1.29, 1.82) is 0 Å². The summed E-state index contributed by atoms with van der Waals surface area (Å²) in [4.78, 5) is 20.4. The van der Waals surface area contributed by atoms with Gasteiger partial charge in [-0.25, -0.2) is 4.79 Å². The van der Waals surface area contributed by atoms with E-state index in [0.29, 0.717) is 12.0 Å². The second kappa shape index (κ2) is 2.42.